The number of ether oxygens (including phenoxy) is 1. The number of benzene rings is 2. The third kappa shape index (κ3) is 4.10. The van der Waals surface area contributed by atoms with Gasteiger partial charge >= 0.3 is 0 Å². The minimum absolute atomic E-state index is 0.247. The lowest BCUT2D eigenvalue weighted by Crippen LogP contribution is -2.17. The number of thiazole rings is 1. The molecule has 2 aromatic carbocycles. The Bertz CT molecular complexity index is 1210. The van der Waals surface area contributed by atoms with Crippen LogP contribution in [-0.2, 0) is 6.54 Å². The second-order valence-corrected chi connectivity index (χ2v) is 7.00. The molecule has 1 amide bonds. The number of hydrogen-bond acceptors (Lipinski definition) is 7. The van der Waals surface area contributed by atoms with Crippen LogP contribution in [0, 0.1) is 20.2 Å². The molecular formula is C19H16N4O6S. The normalized spacial score (nSPS) is 11.4. The fourth-order valence-corrected chi connectivity index (χ4v) is 3.89. The molecule has 0 bridgehead atoms. The summed E-state index contributed by atoms with van der Waals surface area (Å²) in [5.41, 5.74) is -0.627. The fraction of sp³-hybridized carbons (Fsp3) is 0.158. The van der Waals surface area contributed by atoms with Crippen molar-refractivity contribution in [3.05, 3.63) is 79.6 Å². The van der Waals surface area contributed by atoms with E-state index < -0.39 is 27.1 Å². The van der Waals surface area contributed by atoms with Crippen LogP contribution < -0.4 is 9.54 Å². The topological polar surface area (TPSA) is 130 Å². The van der Waals surface area contributed by atoms with Crippen molar-refractivity contribution in [3.63, 3.8) is 0 Å². The summed E-state index contributed by atoms with van der Waals surface area (Å²) in [7, 11) is 0. The largest absolute Gasteiger partial charge is 0.492 e. The predicted octanol–water partition coefficient (Wildman–Crippen LogP) is 3.85. The van der Waals surface area contributed by atoms with Crippen molar-refractivity contribution in [1.82, 2.24) is 4.57 Å². The van der Waals surface area contributed by atoms with E-state index in [9.17, 15) is 25.0 Å². The average Bonchev–Trinajstić information content (AvgIpc) is 3.06. The number of aromatic nitrogens is 1. The van der Waals surface area contributed by atoms with Gasteiger partial charge in [0.2, 0.25) is 0 Å². The highest BCUT2D eigenvalue weighted by atomic mass is 32.1. The molecule has 0 aliphatic heterocycles. The van der Waals surface area contributed by atoms with Crippen LogP contribution in [0.25, 0.3) is 10.2 Å². The minimum Gasteiger partial charge on any atom is -0.492 e. The molecule has 0 saturated heterocycles. The van der Waals surface area contributed by atoms with Gasteiger partial charge < -0.3 is 9.30 Å². The molecule has 0 aliphatic carbocycles. The van der Waals surface area contributed by atoms with E-state index in [0.717, 1.165) is 28.4 Å². The van der Waals surface area contributed by atoms with Crippen LogP contribution in [0.4, 0.5) is 11.4 Å². The predicted molar refractivity (Wildman–Crippen MR) is 111 cm³/mol. The summed E-state index contributed by atoms with van der Waals surface area (Å²) in [6.07, 6.45) is 1.64. The first-order valence-corrected chi connectivity index (χ1v) is 9.56. The van der Waals surface area contributed by atoms with Crippen LogP contribution in [0.1, 0.15) is 17.3 Å². The van der Waals surface area contributed by atoms with Gasteiger partial charge in [-0.2, -0.15) is 4.99 Å². The van der Waals surface area contributed by atoms with E-state index in [1.54, 1.807) is 16.7 Å². The minimum atomic E-state index is -0.830. The van der Waals surface area contributed by atoms with Crippen molar-refractivity contribution in [2.45, 2.75) is 13.5 Å². The number of hydrogen-bond donors (Lipinski definition) is 0. The molecule has 154 valence electrons. The van der Waals surface area contributed by atoms with E-state index >= 15 is 0 Å². The molecule has 0 spiro atoms. The molecule has 10 nitrogen and oxygen atoms in total. The quantitative estimate of drug-likeness (QED) is 0.319. The summed E-state index contributed by atoms with van der Waals surface area (Å²) in [6.45, 7) is 6.37. The number of nitrogens with zero attached hydrogens (tertiary/aromatic N) is 4. The summed E-state index contributed by atoms with van der Waals surface area (Å²) in [6, 6.07) is 8.20. The molecule has 30 heavy (non-hydrogen) atoms. The molecule has 0 fully saturated rings. The van der Waals surface area contributed by atoms with E-state index in [1.807, 2.05) is 19.1 Å². The summed E-state index contributed by atoms with van der Waals surface area (Å²) >= 11 is 1.23. The maximum atomic E-state index is 12.7. The Balaban J connectivity index is 2.19. The molecule has 1 heterocycles. The van der Waals surface area contributed by atoms with Crippen LogP contribution in [0.5, 0.6) is 5.75 Å². The molecule has 0 saturated carbocycles. The molecule has 0 radical (unpaired) electrons. The van der Waals surface area contributed by atoms with E-state index in [0.29, 0.717) is 23.7 Å². The summed E-state index contributed by atoms with van der Waals surface area (Å²) in [5, 5.41) is 22.2. The van der Waals surface area contributed by atoms with Crippen molar-refractivity contribution >= 4 is 38.8 Å². The number of amides is 1. The second-order valence-electron chi connectivity index (χ2n) is 5.99. The van der Waals surface area contributed by atoms with Gasteiger partial charge in [0, 0.05) is 18.7 Å². The first kappa shape index (κ1) is 20.9. The van der Waals surface area contributed by atoms with Gasteiger partial charge in [0.05, 0.1) is 32.8 Å². The number of rotatable bonds is 7. The highest BCUT2D eigenvalue weighted by Crippen LogP contribution is 2.28. The number of carbonyl (C=O) groups excluding carboxylic acids is 1. The van der Waals surface area contributed by atoms with Crippen molar-refractivity contribution in [2.24, 2.45) is 4.99 Å². The van der Waals surface area contributed by atoms with Gasteiger partial charge in [0.15, 0.2) is 4.80 Å². The van der Waals surface area contributed by atoms with Crippen LogP contribution >= 0.6 is 11.3 Å². The van der Waals surface area contributed by atoms with Gasteiger partial charge in [0.25, 0.3) is 17.3 Å². The van der Waals surface area contributed by atoms with Crippen LogP contribution in [0.3, 0.4) is 0 Å². The Morgan fingerprint density at radius 3 is 2.47 bits per heavy atom. The molecule has 0 atom stereocenters. The van der Waals surface area contributed by atoms with Gasteiger partial charge in [-0.1, -0.05) is 23.5 Å². The fourth-order valence-electron chi connectivity index (χ4n) is 2.83. The van der Waals surface area contributed by atoms with Crippen LogP contribution in [0.2, 0.25) is 0 Å². The Kier molecular flexibility index (Phi) is 6.02. The smallest absolute Gasteiger partial charge is 0.280 e. The first-order chi connectivity index (χ1) is 14.3. The Labute approximate surface area is 173 Å². The molecule has 3 rings (SSSR count). The number of para-hydroxylation sites is 1. The summed E-state index contributed by atoms with van der Waals surface area (Å²) in [4.78, 5) is 37.7. The number of fused-ring (bicyclic) bond motifs is 1. The van der Waals surface area contributed by atoms with Gasteiger partial charge in [-0.05, 0) is 19.1 Å². The standard InChI is InChI=1S/C19H16N4O6S/c1-3-8-21-17-15(29-4-2)6-5-7-16(17)30-19(21)20-18(24)12-9-13(22(25)26)11-14(10-12)23(27)28/h3,5-7,9-11H,1,4,8H2,2H3. The molecule has 0 unspecified atom stereocenters. The molecule has 11 heteroatoms. The van der Waals surface area contributed by atoms with Crippen LogP contribution in [-0.4, -0.2) is 26.9 Å². The SMILES string of the molecule is C=CCn1c(=NC(=O)c2cc([N+](=O)[O-])cc([N+](=O)[O-])c2)sc2cccc(OCC)c21. The monoisotopic (exact) mass is 428 g/mol. The lowest BCUT2D eigenvalue weighted by Gasteiger charge is -2.07. The maximum Gasteiger partial charge on any atom is 0.280 e. The zero-order chi connectivity index (χ0) is 21.8. The number of allylic oxidation sites excluding steroid dienone is 1. The van der Waals surface area contributed by atoms with E-state index in [4.69, 9.17) is 4.74 Å². The van der Waals surface area contributed by atoms with Crippen molar-refractivity contribution in [2.75, 3.05) is 6.61 Å². The third-order valence-electron chi connectivity index (χ3n) is 4.04. The first-order valence-electron chi connectivity index (χ1n) is 8.74. The lowest BCUT2D eigenvalue weighted by molar-refractivity contribution is -0.394. The molecule has 0 N–H and O–H groups in total. The maximum absolute atomic E-state index is 12.7. The lowest BCUT2D eigenvalue weighted by atomic mass is 10.1. The summed E-state index contributed by atoms with van der Waals surface area (Å²) < 4.78 is 8.22. The number of nitro benzene ring substituents is 2. The Morgan fingerprint density at radius 1 is 1.23 bits per heavy atom. The molecule has 3 aromatic rings. The van der Waals surface area contributed by atoms with Gasteiger partial charge in [-0.3, -0.25) is 25.0 Å². The van der Waals surface area contributed by atoms with E-state index in [-0.39, 0.29) is 5.56 Å². The zero-order valence-electron chi connectivity index (χ0n) is 15.8. The number of carbonyl (C=O) groups is 1. The summed E-state index contributed by atoms with van der Waals surface area (Å²) in [5.74, 6) is -0.211. The highest BCUT2D eigenvalue weighted by Gasteiger charge is 2.20. The Hall–Kier alpha value is -3.86. The van der Waals surface area contributed by atoms with Gasteiger partial charge in [-0.15, -0.1) is 6.58 Å². The van der Waals surface area contributed by atoms with Crippen molar-refractivity contribution in [3.8, 4) is 5.75 Å². The second kappa shape index (κ2) is 8.66. The van der Waals surface area contributed by atoms with Gasteiger partial charge in [0.1, 0.15) is 11.3 Å². The highest BCUT2D eigenvalue weighted by molar-refractivity contribution is 7.16. The third-order valence-corrected chi connectivity index (χ3v) is 5.09. The van der Waals surface area contributed by atoms with E-state index in [2.05, 4.69) is 11.6 Å². The molecule has 0 aliphatic rings. The van der Waals surface area contributed by atoms with Crippen molar-refractivity contribution in [1.29, 1.82) is 0 Å². The molecule has 1 aromatic heterocycles. The van der Waals surface area contributed by atoms with E-state index in [1.165, 1.54) is 11.3 Å². The number of non-ortho nitro benzene ring substituents is 2. The van der Waals surface area contributed by atoms with Crippen LogP contribution in [0.15, 0.2) is 54.0 Å². The van der Waals surface area contributed by atoms with Gasteiger partial charge in [-0.25, -0.2) is 0 Å². The molecular weight excluding hydrogens is 412 g/mol. The Morgan fingerprint density at radius 2 is 1.90 bits per heavy atom. The number of nitro groups is 2. The zero-order valence-corrected chi connectivity index (χ0v) is 16.6. The average molecular weight is 428 g/mol. The van der Waals surface area contributed by atoms with Crippen molar-refractivity contribution < 1.29 is 19.4 Å².